The molecule has 4 heteroatoms. The van der Waals surface area contributed by atoms with Gasteiger partial charge in [-0.2, -0.15) is 0 Å². The molecule has 0 bridgehead atoms. The fourth-order valence-corrected chi connectivity index (χ4v) is 3.35. The molecule has 0 amide bonds. The highest BCUT2D eigenvalue weighted by Crippen LogP contribution is 2.29. The Hall–Kier alpha value is -1.22. The summed E-state index contributed by atoms with van der Waals surface area (Å²) in [7, 11) is 0. The molecule has 0 aliphatic heterocycles. The Morgan fingerprint density at radius 1 is 0.917 bits per heavy atom. The van der Waals surface area contributed by atoms with Crippen LogP contribution in [0.25, 0.3) is 0 Å². The van der Waals surface area contributed by atoms with E-state index in [1.807, 2.05) is 12.1 Å². The minimum absolute atomic E-state index is 0.464. The molecular weight excluding hydrogens is 339 g/mol. The van der Waals surface area contributed by atoms with Crippen molar-refractivity contribution in [3.8, 4) is 0 Å². The molecule has 0 radical (unpaired) electrons. The summed E-state index contributed by atoms with van der Waals surface area (Å²) >= 11 is 12.3. The molecule has 0 aliphatic carbocycles. The lowest BCUT2D eigenvalue weighted by atomic mass is 10.1. The van der Waals surface area contributed by atoms with Crippen LogP contribution in [0.2, 0.25) is 10.0 Å². The lowest BCUT2D eigenvalue weighted by Crippen LogP contribution is -2.34. The van der Waals surface area contributed by atoms with Crippen LogP contribution in [0.3, 0.4) is 0 Å². The van der Waals surface area contributed by atoms with Crippen molar-refractivity contribution < 1.29 is 0 Å². The SMILES string of the molecule is CC(C)N(CCCc1ccccc1)CCc1cc(Cl)c(N)c(Cl)c1. The number of aryl methyl sites for hydroxylation is 1. The van der Waals surface area contributed by atoms with Crippen molar-refractivity contribution in [1.29, 1.82) is 0 Å². The summed E-state index contributed by atoms with van der Waals surface area (Å²) in [6, 6.07) is 15.0. The van der Waals surface area contributed by atoms with Gasteiger partial charge in [-0.25, -0.2) is 0 Å². The van der Waals surface area contributed by atoms with Crippen LogP contribution in [0.15, 0.2) is 42.5 Å². The van der Waals surface area contributed by atoms with Crippen molar-refractivity contribution in [2.75, 3.05) is 18.8 Å². The average Bonchev–Trinajstić information content (AvgIpc) is 2.56. The van der Waals surface area contributed by atoms with E-state index < -0.39 is 0 Å². The van der Waals surface area contributed by atoms with E-state index in [0.717, 1.165) is 37.9 Å². The number of nitrogen functional groups attached to an aromatic ring is 1. The summed E-state index contributed by atoms with van der Waals surface area (Å²) < 4.78 is 0. The standard InChI is InChI=1S/C20H26Cl2N2/c1-15(2)24(11-6-9-16-7-4-3-5-8-16)12-10-17-13-18(21)20(23)19(22)14-17/h3-5,7-8,13-15H,6,9-12,23H2,1-2H3. The number of nitrogens with zero attached hydrogens (tertiary/aromatic N) is 1. The van der Waals surface area contributed by atoms with Gasteiger partial charge >= 0.3 is 0 Å². The van der Waals surface area contributed by atoms with Gasteiger partial charge in [0, 0.05) is 12.6 Å². The monoisotopic (exact) mass is 364 g/mol. The van der Waals surface area contributed by atoms with Crippen molar-refractivity contribution >= 4 is 28.9 Å². The van der Waals surface area contributed by atoms with Crippen LogP contribution in [0, 0.1) is 0 Å². The molecule has 0 spiro atoms. The third kappa shape index (κ3) is 5.70. The summed E-state index contributed by atoms with van der Waals surface area (Å²) in [5, 5.41) is 1.08. The molecule has 0 atom stereocenters. The molecule has 2 nitrogen and oxygen atoms in total. The van der Waals surface area contributed by atoms with Crippen LogP contribution in [0.4, 0.5) is 5.69 Å². The third-order valence-electron chi connectivity index (χ3n) is 4.31. The van der Waals surface area contributed by atoms with Crippen molar-refractivity contribution in [1.82, 2.24) is 4.90 Å². The van der Waals surface area contributed by atoms with E-state index in [9.17, 15) is 0 Å². The predicted octanol–water partition coefficient (Wildman–Crippen LogP) is 5.46. The normalized spacial score (nSPS) is 11.4. The average molecular weight is 365 g/mol. The molecule has 0 aliphatic rings. The van der Waals surface area contributed by atoms with Gasteiger partial charge in [-0.3, -0.25) is 0 Å². The van der Waals surface area contributed by atoms with Crippen molar-refractivity contribution in [2.24, 2.45) is 0 Å². The summed E-state index contributed by atoms with van der Waals surface area (Å²) in [6.07, 6.45) is 3.19. The molecule has 0 saturated carbocycles. The summed E-state index contributed by atoms with van der Waals surface area (Å²) in [5.41, 5.74) is 8.80. The number of nitrogens with two attached hydrogens (primary N) is 1. The van der Waals surface area contributed by atoms with Crippen molar-refractivity contribution in [3.63, 3.8) is 0 Å². The molecule has 0 fully saturated rings. The Labute approximate surface area is 155 Å². The zero-order valence-corrected chi connectivity index (χ0v) is 15.9. The zero-order valence-electron chi connectivity index (χ0n) is 14.4. The van der Waals surface area contributed by atoms with Crippen LogP contribution >= 0.6 is 23.2 Å². The second-order valence-corrected chi connectivity index (χ2v) is 7.26. The van der Waals surface area contributed by atoms with Crippen LogP contribution in [-0.2, 0) is 12.8 Å². The Bertz CT molecular complexity index is 618. The largest absolute Gasteiger partial charge is 0.396 e. The summed E-state index contributed by atoms with van der Waals surface area (Å²) in [6.45, 7) is 6.56. The smallest absolute Gasteiger partial charge is 0.0693 e. The number of halogens is 2. The van der Waals surface area contributed by atoms with Gasteiger partial charge in [0.25, 0.3) is 0 Å². The molecule has 0 heterocycles. The van der Waals surface area contributed by atoms with Gasteiger partial charge < -0.3 is 10.6 Å². The molecule has 24 heavy (non-hydrogen) atoms. The van der Waals surface area contributed by atoms with Gasteiger partial charge in [0.05, 0.1) is 15.7 Å². The molecule has 0 aromatic heterocycles. The second kappa shape index (κ2) is 9.31. The highest BCUT2D eigenvalue weighted by atomic mass is 35.5. The van der Waals surface area contributed by atoms with E-state index in [4.69, 9.17) is 28.9 Å². The molecule has 2 aromatic rings. The number of anilines is 1. The lowest BCUT2D eigenvalue weighted by Gasteiger charge is -2.26. The van der Waals surface area contributed by atoms with Gasteiger partial charge in [0.15, 0.2) is 0 Å². The van der Waals surface area contributed by atoms with Gasteiger partial charge in [-0.05, 0) is 62.9 Å². The highest BCUT2D eigenvalue weighted by molar-refractivity contribution is 6.38. The van der Waals surface area contributed by atoms with Crippen LogP contribution in [-0.4, -0.2) is 24.0 Å². The maximum atomic E-state index is 6.13. The predicted molar refractivity (Wildman–Crippen MR) is 106 cm³/mol. The minimum Gasteiger partial charge on any atom is -0.396 e. The van der Waals surface area contributed by atoms with Gasteiger partial charge in [-0.1, -0.05) is 53.5 Å². The van der Waals surface area contributed by atoms with E-state index >= 15 is 0 Å². The first-order valence-electron chi connectivity index (χ1n) is 8.48. The zero-order chi connectivity index (χ0) is 17.5. The minimum atomic E-state index is 0.464. The molecule has 2 N–H and O–H groups in total. The Morgan fingerprint density at radius 2 is 1.54 bits per heavy atom. The fourth-order valence-electron chi connectivity index (χ4n) is 2.81. The van der Waals surface area contributed by atoms with E-state index in [1.165, 1.54) is 5.56 Å². The summed E-state index contributed by atoms with van der Waals surface area (Å²) in [4.78, 5) is 2.50. The van der Waals surface area contributed by atoms with E-state index in [1.54, 1.807) is 0 Å². The molecule has 2 aromatic carbocycles. The molecule has 2 rings (SSSR count). The number of benzene rings is 2. The first kappa shape index (κ1) is 19.1. The van der Waals surface area contributed by atoms with Crippen molar-refractivity contribution in [2.45, 2.75) is 39.2 Å². The van der Waals surface area contributed by atoms with Crippen LogP contribution < -0.4 is 5.73 Å². The van der Waals surface area contributed by atoms with E-state index in [-0.39, 0.29) is 0 Å². The maximum absolute atomic E-state index is 6.13. The molecule has 0 saturated heterocycles. The third-order valence-corrected chi connectivity index (χ3v) is 4.94. The highest BCUT2D eigenvalue weighted by Gasteiger charge is 2.11. The lowest BCUT2D eigenvalue weighted by molar-refractivity contribution is 0.222. The number of hydrogen-bond acceptors (Lipinski definition) is 2. The van der Waals surface area contributed by atoms with Gasteiger partial charge in [0.1, 0.15) is 0 Å². The fraction of sp³-hybridized carbons (Fsp3) is 0.400. The van der Waals surface area contributed by atoms with Gasteiger partial charge in [0.2, 0.25) is 0 Å². The van der Waals surface area contributed by atoms with Gasteiger partial charge in [-0.15, -0.1) is 0 Å². The second-order valence-electron chi connectivity index (χ2n) is 6.44. The molecule has 0 unspecified atom stereocenters. The van der Waals surface area contributed by atoms with Crippen LogP contribution in [0.5, 0.6) is 0 Å². The molecular formula is C20H26Cl2N2. The number of rotatable bonds is 8. The van der Waals surface area contributed by atoms with Crippen molar-refractivity contribution in [3.05, 3.63) is 63.6 Å². The first-order chi connectivity index (χ1) is 11.5. The Balaban J connectivity index is 1.87. The Morgan fingerprint density at radius 3 is 2.12 bits per heavy atom. The topological polar surface area (TPSA) is 29.3 Å². The Kier molecular flexibility index (Phi) is 7.41. The van der Waals surface area contributed by atoms with Crippen LogP contribution in [0.1, 0.15) is 31.4 Å². The maximum Gasteiger partial charge on any atom is 0.0693 e. The summed E-state index contributed by atoms with van der Waals surface area (Å²) in [5.74, 6) is 0. The van der Waals surface area contributed by atoms with E-state index in [2.05, 4.69) is 49.1 Å². The number of hydrogen-bond donors (Lipinski definition) is 1. The quantitative estimate of drug-likeness (QED) is 0.629. The molecule has 130 valence electrons. The van der Waals surface area contributed by atoms with E-state index in [0.29, 0.717) is 21.8 Å². The first-order valence-corrected chi connectivity index (χ1v) is 9.24.